The van der Waals surface area contributed by atoms with Crippen LogP contribution in [0.3, 0.4) is 0 Å². The van der Waals surface area contributed by atoms with Gasteiger partial charge in [-0.15, -0.1) is 0 Å². The number of carbonyl (C=O) groups excluding carboxylic acids is 2. The number of methoxy groups -OCH3 is 1. The Morgan fingerprint density at radius 3 is 2.84 bits per heavy atom. The van der Waals surface area contributed by atoms with Crippen molar-refractivity contribution in [2.45, 2.75) is 63.2 Å². The third kappa shape index (κ3) is 4.69. The molecule has 0 bridgehead atoms. The summed E-state index contributed by atoms with van der Waals surface area (Å²) >= 11 is 0. The van der Waals surface area contributed by atoms with E-state index in [1.807, 2.05) is 13.0 Å². The third-order valence-electron chi connectivity index (χ3n) is 6.42. The number of nitrogens with one attached hydrogen (secondary N) is 2. The number of aromatic nitrogens is 3. The van der Waals surface area contributed by atoms with E-state index in [1.165, 1.54) is 0 Å². The Balaban J connectivity index is 1.25. The summed E-state index contributed by atoms with van der Waals surface area (Å²) in [6, 6.07) is 5.08. The van der Waals surface area contributed by atoms with Crippen LogP contribution in [0, 0.1) is 0 Å². The van der Waals surface area contributed by atoms with Crippen molar-refractivity contribution in [3.05, 3.63) is 35.7 Å². The maximum absolute atomic E-state index is 12.3. The third-order valence-corrected chi connectivity index (χ3v) is 6.42. The molecule has 2 aliphatic rings. The van der Waals surface area contributed by atoms with Crippen LogP contribution in [0.5, 0.6) is 5.88 Å². The Kier molecular flexibility index (Phi) is 6.05. The Bertz CT molecular complexity index is 973. The molecule has 32 heavy (non-hydrogen) atoms. The average Bonchev–Trinajstić information content (AvgIpc) is 3.41. The number of hydrogen-bond acceptors (Lipinski definition) is 7. The van der Waals surface area contributed by atoms with Crippen molar-refractivity contribution in [1.29, 1.82) is 0 Å². The summed E-state index contributed by atoms with van der Waals surface area (Å²) in [5.74, 6) is 0.947. The van der Waals surface area contributed by atoms with Gasteiger partial charge in [0.2, 0.25) is 11.8 Å². The first-order valence-electron chi connectivity index (χ1n) is 10.8. The van der Waals surface area contributed by atoms with Crippen molar-refractivity contribution < 1.29 is 24.2 Å². The molecule has 1 saturated heterocycles. The predicted molar refractivity (Wildman–Crippen MR) is 115 cm³/mol. The van der Waals surface area contributed by atoms with Gasteiger partial charge in [-0.2, -0.15) is 5.10 Å². The standard InChI is InChI=1S/C22H29N5O5/c1-13-22(2,30)12-27(13)21(29)32-16-6-5-15(9-16)17-10-18(26-25-17)24-19(28)8-14-4-7-20(31-3)23-11-14/h4,7,10-11,13,15-16,30H,5-6,8-9,12H2,1-3H3,(H2,24,25,26,28)/t13-,15-,16+,22+/m0/s1. The molecule has 10 heteroatoms. The highest BCUT2D eigenvalue weighted by molar-refractivity contribution is 5.91. The number of nitrogens with zero attached hydrogens (tertiary/aromatic N) is 3. The Hall–Kier alpha value is -3.14. The van der Waals surface area contributed by atoms with Crippen molar-refractivity contribution in [2.24, 2.45) is 0 Å². The van der Waals surface area contributed by atoms with Crippen LogP contribution in [0.1, 0.15) is 50.3 Å². The first-order chi connectivity index (χ1) is 15.2. The van der Waals surface area contributed by atoms with Crippen LogP contribution >= 0.6 is 0 Å². The molecular weight excluding hydrogens is 414 g/mol. The van der Waals surface area contributed by atoms with Gasteiger partial charge in [-0.05, 0) is 38.7 Å². The van der Waals surface area contributed by atoms with Crippen LogP contribution in [-0.2, 0) is 16.0 Å². The zero-order chi connectivity index (χ0) is 22.9. The SMILES string of the molecule is COc1ccc(CC(=O)Nc2cc([C@H]3CC[C@@H](OC(=O)N4C[C@@](C)(O)[C@@H]4C)C3)[nH]n2)cn1. The van der Waals surface area contributed by atoms with Crippen molar-refractivity contribution >= 4 is 17.8 Å². The van der Waals surface area contributed by atoms with Crippen molar-refractivity contribution in [3.63, 3.8) is 0 Å². The highest BCUT2D eigenvalue weighted by Gasteiger charge is 2.48. The number of anilines is 1. The number of β-amino-alcohol motifs (C(OH)–C–C–N with tert-alkyl or cyclic N) is 1. The van der Waals surface area contributed by atoms with Gasteiger partial charge in [-0.3, -0.25) is 14.8 Å². The lowest BCUT2D eigenvalue weighted by molar-refractivity contribution is -0.123. The smallest absolute Gasteiger partial charge is 0.410 e. The van der Waals surface area contributed by atoms with Gasteiger partial charge in [0.05, 0.1) is 31.7 Å². The number of aromatic amines is 1. The van der Waals surface area contributed by atoms with E-state index < -0.39 is 5.60 Å². The van der Waals surface area contributed by atoms with Crippen molar-refractivity contribution in [3.8, 4) is 5.88 Å². The summed E-state index contributed by atoms with van der Waals surface area (Å²) in [5.41, 5.74) is 0.834. The number of carbonyl (C=O) groups is 2. The van der Waals surface area contributed by atoms with Gasteiger partial charge in [0, 0.05) is 29.9 Å². The normalized spacial score (nSPS) is 27.0. The second-order valence-electron chi connectivity index (χ2n) is 8.82. The molecule has 172 valence electrons. The summed E-state index contributed by atoms with van der Waals surface area (Å²) < 4.78 is 10.7. The molecule has 3 N–H and O–H groups in total. The van der Waals surface area contributed by atoms with Crippen molar-refractivity contribution in [1.82, 2.24) is 20.1 Å². The summed E-state index contributed by atoms with van der Waals surface area (Å²) in [6.45, 7) is 3.82. The van der Waals surface area contributed by atoms with E-state index in [1.54, 1.807) is 37.3 Å². The summed E-state index contributed by atoms with van der Waals surface area (Å²) in [6.07, 6.45) is 3.56. The number of likely N-dealkylation sites (tertiary alicyclic amines) is 1. The molecule has 10 nitrogen and oxygen atoms in total. The molecule has 0 spiro atoms. The minimum absolute atomic E-state index is 0.172. The second kappa shape index (κ2) is 8.78. The van der Waals surface area contributed by atoms with Crippen LogP contribution in [0.4, 0.5) is 10.6 Å². The number of amides is 2. The Morgan fingerprint density at radius 1 is 1.38 bits per heavy atom. The van der Waals surface area contributed by atoms with E-state index in [0.717, 1.165) is 24.1 Å². The maximum atomic E-state index is 12.3. The van der Waals surface area contributed by atoms with Crippen LogP contribution in [0.25, 0.3) is 0 Å². The maximum Gasteiger partial charge on any atom is 0.410 e. The number of pyridine rings is 1. The lowest BCUT2D eigenvalue weighted by Gasteiger charge is -2.50. The van der Waals surface area contributed by atoms with Crippen LogP contribution < -0.4 is 10.1 Å². The quantitative estimate of drug-likeness (QED) is 0.624. The van der Waals surface area contributed by atoms with E-state index in [9.17, 15) is 14.7 Å². The molecule has 2 amide bonds. The summed E-state index contributed by atoms with van der Waals surface area (Å²) in [4.78, 5) is 30.3. The minimum atomic E-state index is -0.849. The zero-order valence-electron chi connectivity index (χ0n) is 18.5. The minimum Gasteiger partial charge on any atom is -0.481 e. The van der Waals surface area contributed by atoms with E-state index in [2.05, 4.69) is 20.5 Å². The fourth-order valence-corrected chi connectivity index (χ4v) is 4.22. The first-order valence-corrected chi connectivity index (χ1v) is 10.8. The largest absolute Gasteiger partial charge is 0.481 e. The fraction of sp³-hybridized carbons (Fsp3) is 0.545. The predicted octanol–water partition coefficient (Wildman–Crippen LogP) is 2.22. The Labute approximate surface area is 186 Å². The molecule has 1 aliphatic carbocycles. The lowest BCUT2D eigenvalue weighted by Crippen LogP contribution is -2.68. The molecule has 1 saturated carbocycles. The first kappa shape index (κ1) is 22.1. The lowest BCUT2D eigenvalue weighted by atomic mass is 9.87. The molecule has 2 fully saturated rings. The molecule has 4 rings (SSSR count). The molecule has 0 radical (unpaired) electrons. The van der Waals surface area contributed by atoms with Gasteiger partial charge in [-0.1, -0.05) is 6.07 Å². The summed E-state index contributed by atoms with van der Waals surface area (Å²) in [7, 11) is 1.54. The van der Waals surface area contributed by atoms with E-state index in [4.69, 9.17) is 9.47 Å². The van der Waals surface area contributed by atoms with Crippen LogP contribution in [-0.4, -0.2) is 68.6 Å². The number of aliphatic hydroxyl groups is 1. The van der Waals surface area contributed by atoms with Gasteiger partial charge < -0.3 is 19.9 Å². The fourth-order valence-electron chi connectivity index (χ4n) is 4.22. The number of H-pyrrole nitrogens is 1. The zero-order valence-corrected chi connectivity index (χ0v) is 18.5. The molecule has 1 aliphatic heterocycles. The van der Waals surface area contributed by atoms with Gasteiger partial charge in [0.1, 0.15) is 6.10 Å². The highest BCUT2D eigenvalue weighted by atomic mass is 16.6. The topological polar surface area (TPSA) is 130 Å². The van der Waals surface area contributed by atoms with Gasteiger partial charge in [0.15, 0.2) is 5.82 Å². The van der Waals surface area contributed by atoms with Crippen molar-refractivity contribution in [2.75, 3.05) is 19.0 Å². The number of hydrogen-bond donors (Lipinski definition) is 3. The molecule has 0 unspecified atom stereocenters. The monoisotopic (exact) mass is 443 g/mol. The molecule has 0 aromatic carbocycles. The molecule has 2 aromatic rings. The van der Waals surface area contributed by atoms with Gasteiger partial charge in [-0.25, -0.2) is 9.78 Å². The molecule has 2 aromatic heterocycles. The van der Waals surface area contributed by atoms with E-state index in [0.29, 0.717) is 24.7 Å². The molecular formula is C22H29N5O5. The molecule has 4 atom stereocenters. The number of rotatable bonds is 6. The summed E-state index contributed by atoms with van der Waals surface area (Å²) in [5, 5.41) is 20.0. The average molecular weight is 444 g/mol. The van der Waals surface area contributed by atoms with E-state index in [-0.39, 0.29) is 36.5 Å². The molecule has 3 heterocycles. The highest BCUT2D eigenvalue weighted by Crippen LogP contribution is 2.37. The van der Waals surface area contributed by atoms with Crippen LogP contribution in [0.15, 0.2) is 24.4 Å². The number of ether oxygens (including phenoxy) is 2. The van der Waals surface area contributed by atoms with Gasteiger partial charge in [0.25, 0.3) is 0 Å². The Morgan fingerprint density at radius 2 is 2.19 bits per heavy atom. The second-order valence-corrected chi connectivity index (χ2v) is 8.82. The van der Waals surface area contributed by atoms with Gasteiger partial charge >= 0.3 is 6.09 Å². The van der Waals surface area contributed by atoms with E-state index >= 15 is 0 Å². The van der Waals surface area contributed by atoms with Crippen LogP contribution in [0.2, 0.25) is 0 Å².